The number of hydrogen-bond donors (Lipinski definition) is 0. The van der Waals surface area contributed by atoms with E-state index in [4.69, 9.17) is 4.74 Å². The Morgan fingerprint density at radius 1 is 0.730 bits per heavy atom. The molecule has 7 nitrogen and oxygen atoms in total. The second kappa shape index (κ2) is 9.99. The molecule has 0 radical (unpaired) electrons. The normalized spacial score (nSPS) is 17.2. The molecule has 1 heterocycles. The Kier molecular flexibility index (Phi) is 6.43. The highest BCUT2D eigenvalue weighted by Crippen LogP contribution is 2.43. The number of ether oxygens (including phenoxy) is 1. The van der Waals surface area contributed by atoms with E-state index in [1.165, 1.54) is 24.3 Å². The fourth-order valence-electron chi connectivity index (χ4n) is 4.70. The predicted octanol–water partition coefficient (Wildman–Crippen LogP) is 5.91. The van der Waals surface area contributed by atoms with E-state index in [1.807, 2.05) is 6.07 Å². The van der Waals surface area contributed by atoms with Gasteiger partial charge in [-0.3, -0.25) is 24.5 Å². The lowest BCUT2D eigenvalue weighted by Gasteiger charge is -2.36. The standard InChI is InChI=1S/C30H21NO6/c32-27(19-9-3-1-4-10-19)25(28(33)20-15-17-22(18-16-20)31(35)36)26-29(34)23-13-7-8-14-24(23)37-30(26)21-11-5-2-6-12-21/h1-18,25-26,30H. The summed E-state index contributed by atoms with van der Waals surface area (Å²) >= 11 is 0. The van der Waals surface area contributed by atoms with Gasteiger partial charge in [0.1, 0.15) is 11.9 Å². The highest BCUT2D eigenvalue weighted by atomic mass is 16.6. The van der Waals surface area contributed by atoms with Crippen molar-refractivity contribution in [2.75, 3.05) is 0 Å². The van der Waals surface area contributed by atoms with Gasteiger partial charge in [0, 0.05) is 23.3 Å². The van der Waals surface area contributed by atoms with Crippen LogP contribution in [-0.4, -0.2) is 22.3 Å². The van der Waals surface area contributed by atoms with E-state index in [1.54, 1.807) is 78.9 Å². The Labute approximate surface area is 212 Å². The minimum Gasteiger partial charge on any atom is -0.484 e. The number of nitro benzene ring substituents is 1. The van der Waals surface area contributed by atoms with E-state index in [0.717, 1.165) is 0 Å². The van der Waals surface area contributed by atoms with E-state index in [2.05, 4.69) is 0 Å². The summed E-state index contributed by atoms with van der Waals surface area (Å²) in [5.41, 5.74) is 1.13. The summed E-state index contributed by atoms with van der Waals surface area (Å²) in [6.45, 7) is 0. The molecule has 0 saturated carbocycles. The molecule has 4 aromatic carbocycles. The van der Waals surface area contributed by atoms with Gasteiger partial charge >= 0.3 is 0 Å². The van der Waals surface area contributed by atoms with Gasteiger partial charge < -0.3 is 4.74 Å². The van der Waals surface area contributed by atoms with Crippen LogP contribution in [0.2, 0.25) is 0 Å². The lowest BCUT2D eigenvalue weighted by molar-refractivity contribution is -0.384. The minimum atomic E-state index is -1.42. The number of hydrogen-bond acceptors (Lipinski definition) is 6. The molecule has 0 aliphatic carbocycles. The van der Waals surface area contributed by atoms with Crippen LogP contribution < -0.4 is 4.74 Å². The third kappa shape index (κ3) is 4.54. The van der Waals surface area contributed by atoms with Crippen LogP contribution in [0.3, 0.4) is 0 Å². The van der Waals surface area contributed by atoms with Gasteiger partial charge in [-0.25, -0.2) is 0 Å². The molecular weight excluding hydrogens is 470 g/mol. The number of fused-ring (bicyclic) bond motifs is 1. The van der Waals surface area contributed by atoms with Crippen molar-refractivity contribution < 1.29 is 24.0 Å². The zero-order chi connectivity index (χ0) is 25.9. The third-order valence-corrected chi connectivity index (χ3v) is 6.51. The largest absolute Gasteiger partial charge is 0.484 e. The second-order valence-electron chi connectivity index (χ2n) is 8.71. The number of rotatable bonds is 7. The summed E-state index contributed by atoms with van der Waals surface area (Å²) in [5, 5.41) is 11.1. The van der Waals surface area contributed by atoms with Crippen LogP contribution in [0.1, 0.15) is 42.7 Å². The van der Waals surface area contributed by atoms with E-state index >= 15 is 0 Å². The minimum absolute atomic E-state index is 0.0957. The van der Waals surface area contributed by atoms with Gasteiger partial charge in [-0.1, -0.05) is 72.8 Å². The van der Waals surface area contributed by atoms with Crippen LogP contribution >= 0.6 is 0 Å². The topological polar surface area (TPSA) is 104 Å². The average Bonchev–Trinajstić information content (AvgIpc) is 2.95. The number of para-hydroxylation sites is 1. The molecule has 3 unspecified atom stereocenters. The molecule has 0 N–H and O–H groups in total. The van der Waals surface area contributed by atoms with Crippen molar-refractivity contribution in [3.05, 3.63) is 142 Å². The molecule has 7 heteroatoms. The van der Waals surface area contributed by atoms with Crippen molar-refractivity contribution in [3.63, 3.8) is 0 Å². The molecule has 1 aliphatic heterocycles. The molecule has 37 heavy (non-hydrogen) atoms. The quantitative estimate of drug-likeness (QED) is 0.138. The van der Waals surface area contributed by atoms with Crippen LogP contribution in [-0.2, 0) is 0 Å². The number of carbonyl (C=O) groups is 3. The van der Waals surface area contributed by atoms with Gasteiger partial charge in [0.25, 0.3) is 5.69 Å². The summed E-state index contributed by atoms with van der Waals surface area (Å²) in [4.78, 5) is 52.4. The first-order valence-corrected chi connectivity index (χ1v) is 11.7. The van der Waals surface area contributed by atoms with Crippen LogP contribution in [0.15, 0.2) is 109 Å². The average molecular weight is 491 g/mol. The maximum Gasteiger partial charge on any atom is 0.269 e. The molecule has 3 atom stereocenters. The van der Waals surface area contributed by atoms with Crippen molar-refractivity contribution in [1.29, 1.82) is 0 Å². The van der Waals surface area contributed by atoms with E-state index in [-0.39, 0.29) is 22.6 Å². The summed E-state index contributed by atoms with van der Waals surface area (Å²) < 4.78 is 6.29. The molecule has 182 valence electrons. The molecule has 1 aliphatic rings. The van der Waals surface area contributed by atoms with Gasteiger partial charge in [0.05, 0.1) is 22.3 Å². The Hall–Kier alpha value is -4.91. The van der Waals surface area contributed by atoms with Crippen LogP contribution in [0.25, 0.3) is 0 Å². The van der Waals surface area contributed by atoms with E-state index in [0.29, 0.717) is 16.9 Å². The summed E-state index contributed by atoms with van der Waals surface area (Å²) in [6.07, 6.45) is -0.900. The third-order valence-electron chi connectivity index (χ3n) is 6.51. The first-order valence-electron chi connectivity index (χ1n) is 11.7. The first-order chi connectivity index (χ1) is 18.0. The molecule has 4 aromatic rings. The zero-order valence-corrected chi connectivity index (χ0v) is 19.5. The monoisotopic (exact) mass is 491 g/mol. The number of carbonyl (C=O) groups excluding carboxylic acids is 3. The Morgan fingerprint density at radius 2 is 1.27 bits per heavy atom. The van der Waals surface area contributed by atoms with Crippen molar-refractivity contribution in [2.24, 2.45) is 11.8 Å². The van der Waals surface area contributed by atoms with Crippen molar-refractivity contribution >= 4 is 23.0 Å². The number of Topliss-reactive ketones (excluding diaryl/α,β-unsaturated/α-hetero) is 3. The highest BCUT2D eigenvalue weighted by Gasteiger charge is 2.49. The van der Waals surface area contributed by atoms with E-state index in [9.17, 15) is 24.5 Å². The van der Waals surface area contributed by atoms with Gasteiger partial charge in [0.15, 0.2) is 17.3 Å². The predicted molar refractivity (Wildman–Crippen MR) is 136 cm³/mol. The van der Waals surface area contributed by atoms with Gasteiger partial charge in [0.2, 0.25) is 0 Å². The molecule has 0 aromatic heterocycles. The highest BCUT2D eigenvalue weighted by molar-refractivity contribution is 6.20. The van der Waals surface area contributed by atoms with Crippen LogP contribution in [0.5, 0.6) is 5.75 Å². The Bertz CT molecular complexity index is 1480. The Morgan fingerprint density at radius 3 is 1.89 bits per heavy atom. The molecule has 0 amide bonds. The molecule has 0 fully saturated rings. The zero-order valence-electron chi connectivity index (χ0n) is 19.5. The molecule has 5 rings (SSSR count). The lowest BCUT2D eigenvalue weighted by atomic mass is 9.71. The first kappa shape index (κ1) is 23.8. The smallest absolute Gasteiger partial charge is 0.269 e. The van der Waals surface area contributed by atoms with Crippen molar-refractivity contribution in [2.45, 2.75) is 6.10 Å². The van der Waals surface area contributed by atoms with Gasteiger partial charge in [-0.05, 0) is 29.8 Å². The SMILES string of the molecule is O=C(c1ccccc1)C(C(=O)c1ccc([N+](=O)[O-])cc1)C1C(=O)c2ccccc2OC1c1ccccc1. The molecule has 0 spiro atoms. The van der Waals surface area contributed by atoms with Gasteiger partial charge in [-0.15, -0.1) is 0 Å². The number of nitro groups is 1. The second-order valence-corrected chi connectivity index (χ2v) is 8.71. The van der Waals surface area contributed by atoms with Crippen molar-refractivity contribution in [3.8, 4) is 5.75 Å². The molecule has 0 bridgehead atoms. The summed E-state index contributed by atoms with van der Waals surface area (Å²) in [5.74, 6) is -3.70. The summed E-state index contributed by atoms with van der Waals surface area (Å²) in [6, 6.07) is 29.1. The number of ketones is 3. The number of non-ortho nitro benzene ring substituents is 1. The summed E-state index contributed by atoms with van der Waals surface area (Å²) in [7, 11) is 0. The lowest BCUT2D eigenvalue weighted by Crippen LogP contribution is -2.43. The molecule has 0 saturated heterocycles. The number of nitrogens with zero attached hydrogens (tertiary/aromatic N) is 1. The Balaban J connectivity index is 1.67. The molecular formula is C30H21NO6. The van der Waals surface area contributed by atoms with Gasteiger partial charge in [-0.2, -0.15) is 0 Å². The maximum atomic E-state index is 14.0. The fourth-order valence-corrected chi connectivity index (χ4v) is 4.70. The fraction of sp³-hybridized carbons (Fsp3) is 0.100. The number of benzene rings is 4. The van der Waals surface area contributed by atoms with E-state index < -0.39 is 34.4 Å². The van der Waals surface area contributed by atoms with Crippen molar-refractivity contribution in [1.82, 2.24) is 0 Å². The van der Waals surface area contributed by atoms with Crippen LogP contribution in [0.4, 0.5) is 5.69 Å². The van der Waals surface area contributed by atoms with Crippen LogP contribution in [0, 0.1) is 22.0 Å². The maximum absolute atomic E-state index is 14.0.